The van der Waals surface area contributed by atoms with Crippen molar-refractivity contribution in [2.75, 3.05) is 26.2 Å². The summed E-state index contributed by atoms with van der Waals surface area (Å²) in [5.74, 6) is -0.758. The number of ether oxygens (including phenoxy) is 1. The van der Waals surface area contributed by atoms with Crippen LogP contribution in [-0.4, -0.2) is 64.8 Å². The largest absolute Gasteiger partial charge is 0.480 e. The van der Waals surface area contributed by atoms with Gasteiger partial charge in [-0.2, -0.15) is 0 Å². The first-order chi connectivity index (χ1) is 9.11. The summed E-state index contributed by atoms with van der Waals surface area (Å²) in [5.41, 5.74) is -0.504. The molecule has 1 N–H and O–H groups in total. The number of aliphatic carboxylic acids is 1. The molecule has 1 rings (SSSR count). The topological polar surface area (TPSA) is 70.1 Å². The van der Waals surface area contributed by atoms with E-state index >= 15 is 0 Å². The third kappa shape index (κ3) is 4.67. The SMILES string of the molecule is CC(C)C(C(=O)O)N1CCN(C(=O)OC(C)(C)C)CC1. The van der Waals surface area contributed by atoms with E-state index in [1.165, 1.54) is 0 Å². The number of piperazine rings is 1. The Hall–Kier alpha value is -1.30. The smallest absolute Gasteiger partial charge is 0.410 e. The van der Waals surface area contributed by atoms with E-state index in [0.717, 1.165) is 0 Å². The van der Waals surface area contributed by atoms with E-state index in [0.29, 0.717) is 26.2 Å². The maximum absolute atomic E-state index is 11.9. The molecule has 0 saturated carbocycles. The van der Waals surface area contributed by atoms with Crippen molar-refractivity contribution >= 4 is 12.1 Å². The molecule has 6 nitrogen and oxygen atoms in total. The molecular weight excluding hydrogens is 260 g/mol. The fourth-order valence-electron chi connectivity index (χ4n) is 2.37. The Bertz CT molecular complexity index is 355. The Balaban J connectivity index is 2.55. The zero-order valence-corrected chi connectivity index (χ0v) is 13.0. The number of carbonyl (C=O) groups is 2. The van der Waals surface area contributed by atoms with Gasteiger partial charge < -0.3 is 14.7 Å². The highest BCUT2D eigenvalue weighted by molar-refractivity contribution is 5.74. The number of carboxylic acid groups (broad SMARTS) is 1. The van der Waals surface area contributed by atoms with Gasteiger partial charge in [-0.25, -0.2) is 4.79 Å². The van der Waals surface area contributed by atoms with Gasteiger partial charge >= 0.3 is 12.1 Å². The van der Waals surface area contributed by atoms with E-state index in [2.05, 4.69) is 0 Å². The second-order valence-electron chi connectivity index (χ2n) is 6.53. The maximum atomic E-state index is 11.9. The lowest BCUT2D eigenvalue weighted by molar-refractivity contribution is -0.145. The predicted molar refractivity (Wildman–Crippen MR) is 75.6 cm³/mol. The van der Waals surface area contributed by atoms with E-state index < -0.39 is 17.6 Å². The van der Waals surface area contributed by atoms with E-state index in [-0.39, 0.29) is 12.0 Å². The first-order valence-electron chi connectivity index (χ1n) is 7.06. The van der Waals surface area contributed by atoms with Crippen LogP contribution in [0.3, 0.4) is 0 Å². The summed E-state index contributed by atoms with van der Waals surface area (Å²) in [5, 5.41) is 9.28. The van der Waals surface area contributed by atoms with Crippen molar-refractivity contribution in [2.45, 2.75) is 46.3 Å². The minimum atomic E-state index is -0.800. The number of carbonyl (C=O) groups excluding carboxylic acids is 1. The summed E-state index contributed by atoms with van der Waals surface area (Å²) in [6, 6.07) is -0.490. The third-order valence-electron chi connectivity index (χ3n) is 3.24. The molecule has 116 valence electrons. The molecule has 20 heavy (non-hydrogen) atoms. The lowest BCUT2D eigenvalue weighted by Crippen LogP contribution is -2.56. The zero-order chi connectivity index (χ0) is 15.5. The van der Waals surface area contributed by atoms with Gasteiger partial charge in [0.15, 0.2) is 0 Å². The number of hydrogen-bond acceptors (Lipinski definition) is 4. The molecule has 0 bridgehead atoms. The molecule has 0 spiro atoms. The molecule has 1 heterocycles. The highest BCUT2D eigenvalue weighted by Gasteiger charge is 2.33. The van der Waals surface area contributed by atoms with Gasteiger partial charge in [-0.3, -0.25) is 9.69 Å². The average molecular weight is 286 g/mol. The van der Waals surface area contributed by atoms with Gasteiger partial charge in [0.2, 0.25) is 0 Å². The van der Waals surface area contributed by atoms with Crippen LogP contribution in [0.5, 0.6) is 0 Å². The van der Waals surface area contributed by atoms with E-state index in [9.17, 15) is 14.7 Å². The lowest BCUT2D eigenvalue weighted by atomic mass is 10.0. The summed E-state index contributed by atoms with van der Waals surface area (Å²) >= 11 is 0. The summed E-state index contributed by atoms with van der Waals surface area (Å²) < 4.78 is 5.32. The second kappa shape index (κ2) is 6.43. The predicted octanol–water partition coefficient (Wildman–Crippen LogP) is 1.65. The molecule has 1 fully saturated rings. The molecule has 1 aliphatic rings. The lowest BCUT2D eigenvalue weighted by Gasteiger charge is -2.39. The Labute approximate surface area is 120 Å². The van der Waals surface area contributed by atoms with E-state index in [1.807, 2.05) is 39.5 Å². The van der Waals surface area contributed by atoms with Crippen LogP contribution in [0.4, 0.5) is 4.79 Å². The quantitative estimate of drug-likeness (QED) is 0.854. The minimum absolute atomic E-state index is 0.0422. The molecule has 0 radical (unpaired) electrons. The fourth-order valence-corrected chi connectivity index (χ4v) is 2.37. The van der Waals surface area contributed by atoms with Crippen LogP contribution in [0.15, 0.2) is 0 Å². The number of nitrogens with zero attached hydrogens (tertiary/aromatic N) is 2. The molecule has 1 unspecified atom stereocenters. The molecule has 0 aromatic carbocycles. The van der Waals surface area contributed by atoms with Crippen LogP contribution in [0, 0.1) is 5.92 Å². The summed E-state index contributed by atoms with van der Waals surface area (Å²) in [7, 11) is 0. The number of carboxylic acids is 1. The van der Waals surface area contributed by atoms with Crippen molar-refractivity contribution < 1.29 is 19.4 Å². The van der Waals surface area contributed by atoms with Gasteiger partial charge in [0.05, 0.1) is 0 Å². The van der Waals surface area contributed by atoms with Crippen LogP contribution >= 0.6 is 0 Å². The second-order valence-corrected chi connectivity index (χ2v) is 6.53. The monoisotopic (exact) mass is 286 g/mol. The molecule has 1 atom stereocenters. The van der Waals surface area contributed by atoms with Gasteiger partial charge in [-0.1, -0.05) is 13.8 Å². The van der Waals surface area contributed by atoms with Crippen LogP contribution in [0.2, 0.25) is 0 Å². The zero-order valence-electron chi connectivity index (χ0n) is 13.0. The number of hydrogen-bond donors (Lipinski definition) is 1. The minimum Gasteiger partial charge on any atom is -0.480 e. The van der Waals surface area contributed by atoms with E-state index in [1.54, 1.807) is 4.90 Å². The highest BCUT2D eigenvalue weighted by atomic mass is 16.6. The molecule has 0 aromatic rings. The van der Waals surface area contributed by atoms with Crippen LogP contribution in [0.1, 0.15) is 34.6 Å². The van der Waals surface area contributed by atoms with Gasteiger partial charge in [0.25, 0.3) is 0 Å². The summed E-state index contributed by atoms with van der Waals surface area (Å²) in [6.45, 7) is 11.4. The molecule has 1 saturated heterocycles. The molecule has 6 heteroatoms. The van der Waals surface area contributed by atoms with Crippen molar-refractivity contribution in [1.82, 2.24) is 9.80 Å². The molecule has 0 aromatic heterocycles. The van der Waals surface area contributed by atoms with Crippen molar-refractivity contribution in [2.24, 2.45) is 5.92 Å². The van der Waals surface area contributed by atoms with Gasteiger partial charge in [-0.15, -0.1) is 0 Å². The Morgan fingerprint density at radius 1 is 1.10 bits per heavy atom. The first-order valence-corrected chi connectivity index (χ1v) is 7.06. The number of amides is 1. The van der Waals surface area contributed by atoms with Crippen molar-refractivity contribution in [1.29, 1.82) is 0 Å². The van der Waals surface area contributed by atoms with Gasteiger partial charge in [-0.05, 0) is 26.7 Å². The van der Waals surface area contributed by atoms with Crippen LogP contribution in [-0.2, 0) is 9.53 Å². The summed E-state index contributed by atoms with van der Waals surface area (Å²) in [6.07, 6.45) is -0.325. The van der Waals surface area contributed by atoms with E-state index in [4.69, 9.17) is 4.74 Å². The Kier molecular flexibility index (Phi) is 5.39. The third-order valence-corrected chi connectivity index (χ3v) is 3.24. The molecular formula is C14H26N2O4. The fraction of sp³-hybridized carbons (Fsp3) is 0.857. The Morgan fingerprint density at radius 3 is 1.95 bits per heavy atom. The van der Waals surface area contributed by atoms with Gasteiger partial charge in [0, 0.05) is 26.2 Å². The molecule has 0 aliphatic carbocycles. The maximum Gasteiger partial charge on any atom is 0.410 e. The Morgan fingerprint density at radius 2 is 1.60 bits per heavy atom. The average Bonchev–Trinajstić information content (AvgIpc) is 2.26. The molecule has 1 aliphatic heterocycles. The normalized spacial score (nSPS) is 19.0. The van der Waals surface area contributed by atoms with Gasteiger partial charge in [0.1, 0.15) is 11.6 Å². The molecule has 1 amide bonds. The van der Waals surface area contributed by atoms with Crippen molar-refractivity contribution in [3.05, 3.63) is 0 Å². The standard InChI is InChI=1S/C14H26N2O4/c1-10(2)11(12(17)18)15-6-8-16(9-7-15)13(19)20-14(3,4)5/h10-11H,6-9H2,1-5H3,(H,17,18). The summed E-state index contributed by atoms with van der Waals surface area (Å²) in [4.78, 5) is 26.8. The number of rotatable bonds is 3. The first kappa shape index (κ1) is 16.8. The highest BCUT2D eigenvalue weighted by Crippen LogP contribution is 2.16. The van der Waals surface area contributed by atoms with Crippen molar-refractivity contribution in [3.8, 4) is 0 Å². The van der Waals surface area contributed by atoms with Crippen LogP contribution < -0.4 is 0 Å². The van der Waals surface area contributed by atoms with Crippen molar-refractivity contribution in [3.63, 3.8) is 0 Å². The van der Waals surface area contributed by atoms with Crippen LogP contribution in [0.25, 0.3) is 0 Å².